The Morgan fingerprint density at radius 2 is 2.22 bits per heavy atom. The Kier molecular flexibility index (Phi) is 3.90. The number of nitrogens with zero attached hydrogens (tertiary/aromatic N) is 1. The zero-order valence-electron chi connectivity index (χ0n) is 10.4. The van der Waals surface area contributed by atoms with Crippen LogP contribution in [0.15, 0.2) is 22.7 Å². The third-order valence-corrected chi connectivity index (χ3v) is 4.21. The average Bonchev–Trinajstić information content (AvgIpc) is 3.08. The number of hydrogen-bond acceptors (Lipinski definition) is 3. The van der Waals surface area contributed by atoms with E-state index in [2.05, 4.69) is 28.2 Å². The van der Waals surface area contributed by atoms with Crippen molar-refractivity contribution in [2.24, 2.45) is 5.41 Å². The van der Waals surface area contributed by atoms with E-state index in [-0.39, 0.29) is 10.6 Å². The number of halogens is 1. The molecule has 4 nitrogen and oxygen atoms in total. The Morgan fingerprint density at radius 1 is 1.50 bits per heavy atom. The summed E-state index contributed by atoms with van der Waals surface area (Å²) in [7, 11) is 0. The lowest BCUT2D eigenvalue weighted by atomic mass is 10.0. The van der Waals surface area contributed by atoms with Crippen LogP contribution in [0.1, 0.15) is 32.6 Å². The van der Waals surface area contributed by atoms with Crippen molar-refractivity contribution in [1.29, 1.82) is 0 Å². The standard InChI is InChI=1S/C13H17BrN2O2/c1-2-5-13(6-7-13)9-15-12-4-3-10(16(17)18)8-11(12)14/h3-4,8,15H,2,5-7,9H2,1H3. The van der Waals surface area contributed by atoms with Crippen LogP contribution in [0.3, 0.4) is 0 Å². The molecule has 0 spiro atoms. The minimum Gasteiger partial charge on any atom is -0.384 e. The van der Waals surface area contributed by atoms with Crippen LogP contribution in [0.5, 0.6) is 0 Å². The third kappa shape index (κ3) is 3.02. The first-order chi connectivity index (χ1) is 8.56. The van der Waals surface area contributed by atoms with Crippen LogP contribution >= 0.6 is 15.9 Å². The van der Waals surface area contributed by atoms with Gasteiger partial charge in [-0.05, 0) is 46.7 Å². The van der Waals surface area contributed by atoms with Crippen LogP contribution in [0.4, 0.5) is 11.4 Å². The van der Waals surface area contributed by atoms with Crippen molar-refractivity contribution >= 4 is 27.3 Å². The molecule has 0 bridgehead atoms. The highest BCUT2D eigenvalue weighted by Gasteiger charge is 2.41. The molecule has 1 aromatic rings. The first-order valence-corrected chi connectivity index (χ1v) is 7.03. The largest absolute Gasteiger partial charge is 0.384 e. The molecule has 0 unspecified atom stereocenters. The molecule has 1 aliphatic rings. The summed E-state index contributed by atoms with van der Waals surface area (Å²) in [5, 5.41) is 14.0. The summed E-state index contributed by atoms with van der Waals surface area (Å²) in [4.78, 5) is 10.3. The second-order valence-corrected chi connectivity index (χ2v) is 5.88. The third-order valence-electron chi connectivity index (χ3n) is 3.55. The van der Waals surface area contributed by atoms with Crippen molar-refractivity contribution in [2.45, 2.75) is 32.6 Å². The number of nitro benzene ring substituents is 1. The lowest BCUT2D eigenvalue weighted by Gasteiger charge is -2.16. The van der Waals surface area contributed by atoms with Gasteiger partial charge in [0, 0.05) is 28.8 Å². The van der Waals surface area contributed by atoms with Gasteiger partial charge in [-0.3, -0.25) is 10.1 Å². The van der Waals surface area contributed by atoms with Gasteiger partial charge in [-0.2, -0.15) is 0 Å². The quantitative estimate of drug-likeness (QED) is 0.627. The van der Waals surface area contributed by atoms with Crippen LogP contribution in [0.25, 0.3) is 0 Å². The van der Waals surface area contributed by atoms with E-state index >= 15 is 0 Å². The number of anilines is 1. The summed E-state index contributed by atoms with van der Waals surface area (Å²) >= 11 is 3.38. The van der Waals surface area contributed by atoms with Crippen molar-refractivity contribution in [3.05, 3.63) is 32.8 Å². The van der Waals surface area contributed by atoms with E-state index in [1.165, 1.54) is 31.7 Å². The van der Waals surface area contributed by atoms with E-state index in [1.54, 1.807) is 12.1 Å². The van der Waals surface area contributed by atoms with Gasteiger partial charge < -0.3 is 5.32 Å². The molecular formula is C13H17BrN2O2. The SMILES string of the molecule is CCCC1(CNc2ccc([N+](=O)[O-])cc2Br)CC1. The summed E-state index contributed by atoms with van der Waals surface area (Å²) in [6.07, 6.45) is 5.05. The van der Waals surface area contributed by atoms with Gasteiger partial charge in [-0.25, -0.2) is 0 Å². The van der Waals surface area contributed by atoms with Gasteiger partial charge in [-0.1, -0.05) is 13.3 Å². The van der Waals surface area contributed by atoms with E-state index in [0.29, 0.717) is 5.41 Å². The zero-order valence-corrected chi connectivity index (χ0v) is 12.0. The molecule has 0 amide bonds. The van der Waals surface area contributed by atoms with Gasteiger partial charge in [0.25, 0.3) is 5.69 Å². The first kappa shape index (κ1) is 13.3. The summed E-state index contributed by atoms with van der Waals surface area (Å²) in [6.45, 7) is 3.17. The number of hydrogen-bond donors (Lipinski definition) is 1. The van der Waals surface area contributed by atoms with Crippen LogP contribution in [0, 0.1) is 15.5 Å². The maximum Gasteiger partial charge on any atom is 0.270 e. The molecule has 1 saturated carbocycles. The predicted octanol–water partition coefficient (Wildman–Crippen LogP) is 4.35. The van der Waals surface area contributed by atoms with Crippen molar-refractivity contribution in [3.8, 4) is 0 Å². The minimum atomic E-state index is -0.381. The number of non-ortho nitro benzene ring substituents is 1. The molecule has 0 heterocycles. The highest BCUT2D eigenvalue weighted by Crippen LogP contribution is 2.49. The number of rotatable bonds is 6. The number of benzene rings is 1. The molecular weight excluding hydrogens is 296 g/mol. The molecule has 0 atom stereocenters. The van der Waals surface area contributed by atoms with Crippen LogP contribution < -0.4 is 5.32 Å². The first-order valence-electron chi connectivity index (χ1n) is 6.24. The van der Waals surface area contributed by atoms with Gasteiger partial charge in [0.05, 0.1) is 4.92 Å². The Bertz CT molecular complexity index is 458. The molecule has 2 rings (SSSR count). The van der Waals surface area contributed by atoms with Crippen LogP contribution in [0.2, 0.25) is 0 Å². The van der Waals surface area contributed by atoms with Gasteiger partial charge in [0.2, 0.25) is 0 Å². The fraction of sp³-hybridized carbons (Fsp3) is 0.538. The molecule has 0 saturated heterocycles. The highest BCUT2D eigenvalue weighted by molar-refractivity contribution is 9.10. The van der Waals surface area contributed by atoms with Crippen molar-refractivity contribution < 1.29 is 4.92 Å². The maximum atomic E-state index is 10.6. The molecule has 0 radical (unpaired) electrons. The van der Waals surface area contributed by atoms with Crippen LogP contribution in [-0.2, 0) is 0 Å². The van der Waals surface area contributed by atoms with Gasteiger partial charge in [-0.15, -0.1) is 0 Å². The van der Waals surface area contributed by atoms with Gasteiger partial charge in [0.1, 0.15) is 0 Å². The molecule has 18 heavy (non-hydrogen) atoms. The zero-order chi connectivity index (χ0) is 13.2. The maximum absolute atomic E-state index is 10.6. The summed E-state index contributed by atoms with van der Waals surface area (Å²) in [5.41, 5.74) is 1.51. The second kappa shape index (κ2) is 5.26. The molecule has 0 aliphatic heterocycles. The van der Waals surface area contributed by atoms with Crippen molar-refractivity contribution in [3.63, 3.8) is 0 Å². The molecule has 1 aliphatic carbocycles. The number of nitrogens with one attached hydrogen (secondary N) is 1. The number of nitro groups is 1. The van der Waals surface area contributed by atoms with Crippen LogP contribution in [-0.4, -0.2) is 11.5 Å². The fourth-order valence-electron chi connectivity index (χ4n) is 2.27. The topological polar surface area (TPSA) is 55.2 Å². The highest BCUT2D eigenvalue weighted by atomic mass is 79.9. The molecule has 1 aromatic carbocycles. The Labute approximate surface area is 115 Å². The lowest BCUT2D eigenvalue weighted by molar-refractivity contribution is -0.384. The Balaban J connectivity index is 2.00. The lowest BCUT2D eigenvalue weighted by Crippen LogP contribution is -2.15. The Morgan fingerprint density at radius 3 is 2.72 bits per heavy atom. The van der Waals surface area contributed by atoms with E-state index in [1.807, 2.05) is 0 Å². The van der Waals surface area contributed by atoms with E-state index in [4.69, 9.17) is 0 Å². The monoisotopic (exact) mass is 312 g/mol. The van der Waals surface area contributed by atoms with Gasteiger partial charge in [0.15, 0.2) is 0 Å². The Hall–Kier alpha value is -1.10. The smallest absolute Gasteiger partial charge is 0.270 e. The molecule has 5 heteroatoms. The van der Waals surface area contributed by atoms with Gasteiger partial charge >= 0.3 is 0 Å². The minimum absolute atomic E-state index is 0.113. The normalized spacial score (nSPS) is 16.3. The summed E-state index contributed by atoms with van der Waals surface area (Å²) < 4.78 is 0.754. The molecule has 98 valence electrons. The second-order valence-electron chi connectivity index (χ2n) is 5.02. The van der Waals surface area contributed by atoms with Crippen molar-refractivity contribution in [2.75, 3.05) is 11.9 Å². The molecule has 1 fully saturated rings. The predicted molar refractivity (Wildman–Crippen MR) is 75.9 cm³/mol. The average molecular weight is 313 g/mol. The van der Waals surface area contributed by atoms with E-state index in [0.717, 1.165) is 16.7 Å². The van der Waals surface area contributed by atoms with E-state index in [9.17, 15) is 10.1 Å². The molecule has 1 N–H and O–H groups in total. The summed E-state index contributed by atoms with van der Waals surface area (Å²) in [5.74, 6) is 0. The summed E-state index contributed by atoms with van der Waals surface area (Å²) in [6, 6.07) is 4.85. The van der Waals surface area contributed by atoms with E-state index < -0.39 is 0 Å². The fourth-order valence-corrected chi connectivity index (χ4v) is 2.77. The molecule has 0 aromatic heterocycles. The van der Waals surface area contributed by atoms with Crippen molar-refractivity contribution in [1.82, 2.24) is 0 Å².